The second-order valence-corrected chi connectivity index (χ2v) is 6.16. The van der Waals surface area contributed by atoms with E-state index in [9.17, 15) is 14.3 Å². The van der Waals surface area contributed by atoms with Crippen molar-refractivity contribution in [2.24, 2.45) is 5.41 Å². The minimum atomic E-state index is -0.612. The van der Waals surface area contributed by atoms with Gasteiger partial charge < -0.3 is 15.2 Å². The maximum absolute atomic E-state index is 13.4. The number of halogens is 2. The van der Waals surface area contributed by atoms with Crippen molar-refractivity contribution in [3.8, 4) is 0 Å². The van der Waals surface area contributed by atoms with Crippen molar-refractivity contribution in [2.75, 3.05) is 13.2 Å². The molecule has 0 radical (unpaired) electrons. The number of ether oxygens (including phenoxy) is 1. The van der Waals surface area contributed by atoms with Crippen LogP contribution >= 0.6 is 11.6 Å². The number of amides is 1. The van der Waals surface area contributed by atoms with Crippen molar-refractivity contribution in [1.29, 1.82) is 0 Å². The van der Waals surface area contributed by atoms with Crippen LogP contribution in [0.3, 0.4) is 0 Å². The fraction of sp³-hybridized carbons (Fsp3) is 0.533. The van der Waals surface area contributed by atoms with Crippen LogP contribution < -0.4 is 5.32 Å². The third-order valence-corrected chi connectivity index (χ3v) is 5.03. The molecule has 3 rings (SSSR count). The quantitative estimate of drug-likeness (QED) is 0.879. The second-order valence-electron chi connectivity index (χ2n) is 5.75. The molecule has 114 valence electrons. The van der Waals surface area contributed by atoms with E-state index in [2.05, 4.69) is 5.32 Å². The van der Waals surface area contributed by atoms with Gasteiger partial charge in [-0.2, -0.15) is 0 Å². The first-order valence-electron chi connectivity index (χ1n) is 7.05. The first-order valence-corrected chi connectivity index (χ1v) is 7.42. The highest BCUT2D eigenvalue weighted by atomic mass is 35.5. The van der Waals surface area contributed by atoms with Crippen molar-refractivity contribution >= 4 is 17.5 Å². The summed E-state index contributed by atoms with van der Waals surface area (Å²) >= 11 is 5.61. The molecule has 1 spiro atoms. The van der Waals surface area contributed by atoms with E-state index in [0.29, 0.717) is 19.6 Å². The molecule has 1 heterocycles. The highest BCUT2D eigenvalue weighted by Gasteiger charge is 2.55. The standard InChI is InChI=1S/C15H17ClFNO3/c16-10-2-1-9(7-11(10)17)14(20)18-12-8-13(19)15(12)3-5-21-6-4-15/h1-2,7,12-13,19H,3-6,8H2,(H,18,20)/t12-,13-/m1/s1. The molecule has 1 aliphatic heterocycles. The molecular weight excluding hydrogens is 297 g/mol. The summed E-state index contributed by atoms with van der Waals surface area (Å²) < 4.78 is 18.7. The molecule has 1 aromatic carbocycles. The lowest BCUT2D eigenvalue weighted by Gasteiger charge is -2.55. The van der Waals surface area contributed by atoms with Gasteiger partial charge in [0.1, 0.15) is 5.82 Å². The van der Waals surface area contributed by atoms with Crippen molar-refractivity contribution in [2.45, 2.75) is 31.4 Å². The van der Waals surface area contributed by atoms with Gasteiger partial charge in [-0.15, -0.1) is 0 Å². The van der Waals surface area contributed by atoms with Gasteiger partial charge in [0.25, 0.3) is 5.91 Å². The number of carbonyl (C=O) groups is 1. The summed E-state index contributed by atoms with van der Waals surface area (Å²) in [4.78, 5) is 12.2. The fourth-order valence-corrected chi connectivity index (χ4v) is 3.40. The number of rotatable bonds is 2. The van der Waals surface area contributed by atoms with Crippen LogP contribution in [0, 0.1) is 11.2 Å². The van der Waals surface area contributed by atoms with E-state index >= 15 is 0 Å². The summed E-state index contributed by atoms with van der Waals surface area (Å²) in [5.41, 5.74) is -0.0562. The normalized spacial score (nSPS) is 27.2. The molecule has 2 aliphatic rings. The van der Waals surface area contributed by atoms with Gasteiger partial charge in [-0.05, 0) is 37.5 Å². The van der Waals surface area contributed by atoms with E-state index in [1.807, 2.05) is 0 Å². The van der Waals surface area contributed by atoms with Crippen LogP contribution in [-0.2, 0) is 4.74 Å². The van der Waals surface area contributed by atoms with Crippen LogP contribution in [0.25, 0.3) is 0 Å². The Labute approximate surface area is 127 Å². The first kappa shape index (κ1) is 14.8. The number of nitrogens with one attached hydrogen (secondary N) is 1. The first-order chi connectivity index (χ1) is 10.0. The van der Waals surface area contributed by atoms with Crippen LogP contribution in [0.5, 0.6) is 0 Å². The van der Waals surface area contributed by atoms with E-state index in [1.165, 1.54) is 12.1 Å². The summed E-state index contributed by atoms with van der Waals surface area (Å²) in [6, 6.07) is 3.89. The number of hydrogen-bond acceptors (Lipinski definition) is 3. The zero-order valence-corrected chi connectivity index (χ0v) is 12.2. The lowest BCUT2D eigenvalue weighted by atomic mass is 9.58. The number of benzene rings is 1. The second kappa shape index (κ2) is 5.55. The summed E-state index contributed by atoms with van der Waals surface area (Å²) in [7, 11) is 0. The Morgan fingerprint density at radius 3 is 2.76 bits per heavy atom. The zero-order chi connectivity index (χ0) is 15.0. The van der Waals surface area contributed by atoms with Crippen LogP contribution in [0.15, 0.2) is 18.2 Å². The summed E-state index contributed by atoms with van der Waals surface area (Å²) in [5, 5.41) is 13.0. The zero-order valence-electron chi connectivity index (χ0n) is 11.4. The molecule has 0 unspecified atom stereocenters. The topological polar surface area (TPSA) is 58.6 Å². The lowest BCUT2D eigenvalue weighted by molar-refractivity contribution is -0.145. The maximum Gasteiger partial charge on any atom is 0.251 e. The van der Waals surface area contributed by atoms with Crippen LogP contribution in [0.4, 0.5) is 4.39 Å². The third-order valence-electron chi connectivity index (χ3n) is 4.73. The van der Waals surface area contributed by atoms with Crippen molar-refractivity contribution in [1.82, 2.24) is 5.32 Å². The Morgan fingerprint density at radius 1 is 1.43 bits per heavy atom. The minimum absolute atomic E-state index is 0.00786. The van der Waals surface area contributed by atoms with E-state index in [1.54, 1.807) is 0 Å². The largest absolute Gasteiger partial charge is 0.392 e. The van der Waals surface area contributed by atoms with E-state index in [-0.39, 0.29) is 28.0 Å². The number of hydrogen-bond donors (Lipinski definition) is 2. The molecule has 4 nitrogen and oxygen atoms in total. The van der Waals surface area contributed by atoms with E-state index < -0.39 is 11.9 Å². The Hall–Kier alpha value is -1.17. The molecule has 2 N–H and O–H groups in total. The van der Waals surface area contributed by atoms with Crippen LogP contribution in [0.1, 0.15) is 29.6 Å². The van der Waals surface area contributed by atoms with Crippen LogP contribution in [-0.4, -0.2) is 36.4 Å². The molecule has 1 amide bonds. The third kappa shape index (κ3) is 2.54. The SMILES string of the molecule is O=C(N[C@@H]1C[C@@H](O)C12CCOCC2)c1ccc(Cl)c(F)c1. The lowest BCUT2D eigenvalue weighted by Crippen LogP contribution is -2.65. The Morgan fingerprint density at radius 2 is 2.14 bits per heavy atom. The van der Waals surface area contributed by atoms with Crippen molar-refractivity contribution in [3.63, 3.8) is 0 Å². The smallest absolute Gasteiger partial charge is 0.251 e. The average molecular weight is 314 g/mol. The van der Waals surface area contributed by atoms with Gasteiger partial charge in [-0.1, -0.05) is 11.6 Å². The average Bonchev–Trinajstić information content (AvgIpc) is 2.50. The van der Waals surface area contributed by atoms with Gasteiger partial charge in [-0.25, -0.2) is 4.39 Å². The molecule has 2 atom stereocenters. The number of carbonyl (C=O) groups excluding carboxylic acids is 1. The van der Waals surface area contributed by atoms with Crippen molar-refractivity contribution in [3.05, 3.63) is 34.6 Å². The highest BCUT2D eigenvalue weighted by molar-refractivity contribution is 6.30. The molecule has 1 saturated carbocycles. The summed E-state index contributed by atoms with van der Waals surface area (Å²) in [5.74, 6) is -0.952. The molecule has 1 aliphatic carbocycles. The van der Waals surface area contributed by atoms with Gasteiger partial charge in [0, 0.05) is 30.2 Å². The Kier molecular flexibility index (Phi) is 3.90. The van der Waals surface area contributed by atoms with Gasteiger partial charge in [0.2, 0.25) is 0 Å². The molecule has 0 bridgehead atoms. The molecule has 1 saturated heterocycles. The van der Waals surface area contributed by atoms with Gasteiger partial charge >= 0.3 is 0 Å². The number of aliphatic hydroxyl groups excluding tert-OH is 1. The molecule has 21 heavy (non-hydrogen) atoms. The van der Waals surface area contributed by atoms with E-state index in [0.717, 1.165) is 18.9 Å². The predicted molar refractivity (Wildman–Crippen MR) is 75.8 cm³/mol. The molecule has 6 heteroatoms. The van der Waals surface area contributed by atoms with E-state index in [4.69, 9.17) is 16.3 Å². The maximum atomic E-state index is 13.4. The van der Waals surface area contributed by atoms with Gasteiger partial charge in [0.15, 0.2) is 0 Å². The fourth-order valence-electron chi connectivity index (χ4n) is 3.28. The Bertz CT molecular complexity index is 560. The molecular formula is C15H17ClFNO3. The number of aliphatic hydroxyl groups is 1. The molecule has 2 fully saturated rings. The summed E-state index contributed by atoms with van der Waals surface area (Å²) in [6.07, 6.45) is 1.58. The minimum Gasteiger partial charge on any atom is -0.392 e. The monoisotopic (exact) mass is 313 g/mol. The predicted octanol–water partition coefficient (Wildman–Crippen LogP) is 2.14. The highest BCUT2D eigenvalue weighted by Crippen LogP contribution is 2.49. The van der Waals surface area contributed by atoms with Crippen molar-refractivity contribution < 1.29 is 19.0 Å². The van der Waals surface area contributed by atoms with Gasteiger partial charge in [-0.3, -0.25) is 4.79 Å². The Balaban J connectivity index is 1.71. The van der Waals surface area contributed by atoms with Crippen LogP contribution in [0.2, 0.25) is 5.02 Å². The van der Waals surface area contributed by atoms with Gasteiger partial charge in [0.05, 0.1) is 11.1 Å². The summed E-state index contributed by atoms with van der Waals surface area (Å²) in [6.45, 7) is 1.19. The molecule has 1 aromatic rings. The molecule has 0 aromatic heterocycles.